The first-order valence-corrected chi connectivity index (χ1v) is 10.0. The van der Waals surface area contributed by atoms with Crippen molar-refractivity contribution in [2.75, 3.05) is 0 Å². The smallest absolute Gasteiger partial charge is 0.275 e. The number of aromatic nitrogens is 2. The van der Waals surface area contributed by atoms with Crippen LogP contribution in [0.3, 0.4) is 0 Å². The number of imidazole rings is 1. The van der Waals surface area contributed by atoms with Crippen LogP contribution >= 0.6 is 11.3 Å². The summed E-state index contributed by atoms with van der Waals surface area (Å²) < 4.78 is 8.08. The molecule has 2 aromatic carbocycles. The number of nitrogens with zero attached hydrogens (tertiary/aromatic N) is 3. The van der Waals surface area contributed by atoms with Crippen molar-refractivity contribution in [3.8, 4) is 11.3 Å². The summed E-state index contributed by atoms with van der Waals surface area (Å²) in [5.41, 5.74) is 3.62. The lowest BCUT2D eigenvalue weighted by atomic mass is 10.0. The first-order valence-electron chi connectivity index (χ1n) is 9.20. The van der Waals surface area contributed by atoms with Crippen LogP contribution in [0.4, 0.5) is 5.69 Å². The predicted octanol–water partition coefficient (Wildman–Crippen LogP) is 4.24. The lowest BCUT2D eigenvalue weighted by Gasteiger charge is -2.05. The molecule has 0 bridgehead atoms. The fraction of sp³-hybridized carbons (Fsp3) is 0.0909. The van der Waals surface area contributed by atoms with E-state index in [1.165, 1.54) is 11.3 Å². The molecule has 5 aromatic rings. The molecule has 3 heterocycles. The van der Waals surface area contributed by atoms with Gasteiger partial charge < -0.3 is 4.42 Å². The summed E-state index contributed by atoms with van der Waals surface area (Å²) >= 11 is 1.31. The van der Waals surface area contributed by atoms with Crippen molar-refractivity contribution in [1.82, 2.24) is 9.38 Å². The molecule has 0 N–H and O–H groups in total. The van der Waals surface area contributed by atoms with E-state index in [0.29, 0.717) is 26.6 Å². The molecule has 5 rings (SSSR count). The highest BCUT2D eigenvalue weighted by molar-refractivity contribution is 7.15. The van der Waals surface area contributed by atoms with Gasteiger partial charge in [-0.2, -0.15) is 0 Å². The molecular weight excluding hydrogens is 402 g/mol. The lowest BCUT2D eigenvalue weighted by Crippen LogP contribution is -2.22. The van der Waals surface area contributed by atoms with Gasteiger partial charge in [-0.15, -0.1) is 0 Å². The van der Waals surface area contributed by atoms with Crippen LogP contribution in [-0.4, -0.2) is 14.3 Å². The standard InChI is InChI=1S/C22H15N3O4S/c1-12-10-18(25(27)28)13(2)9-15(12)19-8-7-14(29-19)11-20-21(26)24-17-6-4-3-5-16(17)23-22(24)30-20/h3-11H,1-2H3/b20-11-. The zero-order valence-corrected chi connectivity index (χ0v) is 16.9. The van der Waals surface area contributed by atoms with Gasteiger partial charge in [0, 0.05) is 23.3 Å². The molecule has 0 spiro atoms. The van der Waals surface area contributed by atoms with E-state index in [-0.39, 0.29) is 16.2 Å². The highest BCUT2D eigenvalue weighted by Crippen LogP contribution is 2.31. The van der Waals surface area contributed by atoms with Gasteiger partial charge in [0.15, 0.2) is 4.96 Å². The van der Waals surface area contributed by atoms with Crippen molar-refractivity contribution in [2.24, 2.45) is 0 Å². The Morgan fingerprint density at radius 1 is 1.13 bits per heavy atom. The number of aryl methyl sites for hydroxylation is 2. The molecule has 30 heavy (non-hydrogen) atoms. The molecule has 0 aliphatic rings. The Bertz CT molecular complexity index is 1580. The van der Waals surface area contributed by atoms with Crippen molar-refractivity contribution >= 4 is 39.1 Å². The Hall–Kier alpha value is -3.78. The van der Waals surface area contributed by atoms with Gasteiger partial charge in [0.05, 0.1) is 16.0 Å². The number of para-hydroxylation sites is 2. The lowest BCUT2D eigenvalue weighted by molar-refractivity contribution is -0.385. The topological polar surface area (TPSA) is 90.6 Å². The van der Waals surface area contributed by atoms with Crippen LogP contribution in [0.2, 0.25) is 0 Å². The number of rotatable bonds is 3. The quantitative estimate of drug-likeness (QED) is 0.323. The van der Waals surface area contributed by atoms with E-state index in [1.54, 1.807) is 41.7 Å². The Balaban J connectivity index is 1.59. The van der Waals surface area contributed by atoms with Gasteiger partial charge in [-0.25, -0.2) is 9.38 Å². The molecular formula is C22H15N3O4S. The Morgan fingerprint density at radius 3 is 2.73 bits per heavy atom. The Morgan fingerprint density at radius 2 is 1.93 bits per heavy atom. The highest BCUT2D eigenvalue weighted by Gasteiger charge is 2.16. The first kappa shape index (κ1) is 18.3. The van der Waals surface area contributed by atoms with Gasteiger partial charge >= 0.3 is 0 Å². The molecule has 0 atom stereocenters. The molecule has 8 heteroatoms. The van der Waals surface area contributed by atoms with E-state index in [2.05, 4.69) is 4.98 Å². The molecule has 0 saturated heterocycles. The number of nitro benzene ring substituents is 1. The number of thiazole rings is 1. The van der Waals surface area contributed by atoms with Crippen LogP contribution in [0, 0.1) is 24.0 Å². The Kier molecular flexibility index (Phi) is 4.04. The fourth-order valence-corrected chi connectivity index (χ4v) is 4.55. The van der Waals surface area contributed by atoms with E-state index < -0.39 is 0 Å². The minimum Gasteiger partial charge on any atom is -0.457 e. The molecule has 0 unspecified atom stereocenters. The number of hydrogen-bond acceptors (Lipinski definition) is 6. The zero-order valence-electron chi connectivity index (χ0n) is 16.1. The van der Waals surface area contributed by atoms with E-state index >= 15 is 0 Å². The third-order valence-electron chi connectivity index (χ3n) is 5.05. The van der Waals surface area contributed by atoms with Crippen LogP contribution in [0.15, 0.2) is 57.7 Å². The van der Waals surface area contributed by atoms with Crippen molar-refractivity contribution < 1.29 is 9.34 Å². The van der Waals surface area contributed by atoms with Crippen molar-refractivity contribution in [3.05, 3.63) is 90.4 Å². The number of hydrogen-bond donors (Lipinski definition) is 0. The van der Waals surface area contributed by atoms with E-state index in [1.807, 2.05) is 31.2 Å². The molecule has 3 aromatic heterocycles. The van der Waals surface area contributed by atoms with Gasteiger partial charge in [-0.05, 0) is 49.7 Å². The molecule has 0 radical (unpaired) electrons. The number of furan rings is 1. The second kappa shape index (κ2) is 6.64. The average Bonchev–Trinajstić information content (AvgIpc) is 3.39. The molecule has 0 aliphatic carbocycles. The van der Waals surface area contributed by atoms with E-state index in [0.717, 1.165) is 22.2 Å². The van der Waals surface area contributed by atoms with Crippen LogP contribution in [0.25, 0.3) is 33.4 Å². The summed E-state index contributed by atoms with van der Waals surface area (Å²) in [6.45, 7) is 3.51. The molecule has 0 saturated carbocycles. The van der Waals surface area contributed by atoms with Crippen LogP contribution in [0.1, 0.15) is 16.9 Å². The van der Waals surface area contributed by atoms with E-state index in [4.69, 9.17) is 4.42 Å². The van der Waals surface area contributed by atoms with Crippen molar-refractivity contribution in [3.63, 3.8) is 0 Å². The Labute approximate surface area is 173 Å². The molecule has 148 valence electrons. The minimum absolute atomic E-state index is 0.0831. The third-order valence-corrected chi connectivity index (χ3v) is 6.02. The highest BCUT2D eigenvalue weighted by atomic mass is 32.1. The summed E-state index contributed by atoms with van der Waals surface area (Å²) in [6, 6.07) is 14.4. The maximum atomic E-state index is 12.9. The average molecular weight is 417 g/mol. The van der Waals surface area contributed by atoms with Crippen molar-refractivity contribution in [2.45, 2.75) is 13.8 Å². The molecule has 0 aliphatic heterocycles. The van der Waals surface area contributed by atoms with Crippen LogP contribution < -0.4 is 10.1 Å². The molecule has 7 nitrogen and oxygen atoms in total. The predicted molar refractivity (Wildman–Crippen MR) is 116 cm³/mol. The summed E-state index contributed by atoms with van der Waals surface area (Å²) in [7, 11) is 0. The van der Waals surface area contributed by atoms with Gasteiger partial charge in [-0.1, -0.05) is 23.5 Å². The second-order valence-electron chi connectivity index (χ2n) is 7.05. The first-order chi connectivity index (χ1) is 14.4. The fourth-order valence-electron chi connectivity index (χ4n) is 3.58. The maximum Gasteiger partial charge on any atom is 0.275 e. The van der Waals surface area contributed by atoms with Crippen LogP contribution in [-0.2, 0) is 0 Å². The van der Waals surface area contributed by atoms with Crippen molar-refractivity contribution in [1.29, 1.82) is 0 Å². The summed E-state index contributed by atoms with van der Waals surface area (Å²) in [4.78, 5) is 28.8. The summed E-state index contributed by atoms with van der Waals surface area (Å²) in [5.74, 6) is 1.13. The largest absolute Gasteiger partial charge is 0.457 e. The summed E-state index contributed by atoms with van der Waals surface area (Å²) in [5, 5.41) is 11.1. The van der Waals surface area contributed by atoms with E-state index in [9.17, 15) is 14.9 Å². The zero-order chi connectivity index (χ0) is 21.0. The van der Waals surface area contributed by atoms with Gasteiger partial charge in [0.1, 0.15) is 16.1 Å². The monoisotopic (exact) mass is 417 g/mol. The normalized spacial score (nSPS) is 12.3. The number of benzene rings is 2. The number of nitro groups is 1. The molecule has 0 amide bonds. The van der Waals surface area contributed by atoms with Crippen LogP contribution in [0.5, 0.6) is 0 Å². The van der Waals surface area contributed by atoms with Gasteiger partial charge in [-0.3, -0.25) is 14.9 Å². The number of fused-ring (bicyclic) bond motifs is 3. The summed E-state index contributed by atoms with van der Waals surface area (Å²) in [6.07, 6.45) is 1.70. The second-order valence-corrected chi connectivity index (χ2v) is 8.06. The molecule has 0 fully saturated rings. The van der Waals surface area contributed by atoms with Gasteiger partial charge in [0.25, 0.3) is 11.2 Å². The SMILES string of the molecule is Cc1cc([N+](=O)[O-])c(C)cc1-c1ccc(/C=c2\sc3nc4ccccc4n3c2=O)o1. The van der Waals surface area contributed by atoms with Gasteiger partial charge in [0.2, 0.25) is 0 Å². The third kappa shape index (κ3) is 2.81. The maximum absolute atomic E-state index is 12.9. The minimum atomic E-state index is -0.389.